The lowest BCUT2D eigenvalue weighted by Crippen LogP contribution is -2.34. The van der Waals surface area contributed by atoms with E-state index in [1.807, 2.05) is 19.1 Å². The third kappa shape index (κ3) is 2.85. The molecule has 2 aromatic rings. The van der Waals surface area contributed by atoms with Crippen LogP contribution in [0.2, 0.25) is 0 Å². The van der Waals surface area contributed by atoms with Crippen LogP contribution in [0.1, 0.15) is 18.9 Å². The Labute approximate surface area is 133 Å². The molecule has 0 saturated carbocycles. The fourth-order valence-electron chi connectivity index (χ4n) is 2.76. The predicted octanol–water partition coefficient (Wildman–Crippen LogP) is 3.03. The number of nitro groups is 1. The average Bonchev–Trinajstić information content (AvgIpc) is 2.55. The third-order valence-corrected chi connectivity index (χ3v) is 3.84. The molecular weight excluding hydrogens is 296 g/mol. The fraction of sp³-hybridized carbons (Fsp3) is 0.250. The molecular formula is C16H16N4O3. The third-order valence-electron chi connectivity index (χ3n) is 3.84. The fourth-order valence-corrected chi connectivity index (χ4v) is 2.76. The Kier molecular flexibility index (Phi) is 3.92. The van der Waals surface area contributed by atoms with Crippen molar-refractivity contribution in [3.8, 4) is 0 Å². The highest BCUT2D eigenvalue weighted by atomic mass is 16.6. The second-order valence-corrected chi connectivity index (χ2v) is 5.23. The first kappa shape index (κ1) is 15.0. The zero-order chi connectivity index (χ0) is 16.4. The van der Waals surface area contributed by atoms with Gasteiger partial charge in [-0.3, -0.25) is 14.9 Å². The number of fused-ring (bicyclic) bond motifs is 1. The molecule has 7 heteroatoms. The molecule has 0 radical (unpaired) electrons. The van der Waals surface area contributed by atoms with Crippen molar-refractivity contribution in [2.75, 3.05) is 16.8 Å². The maximum Gasteiger partial charge on any atom is 0.311 e. The number of hydrogen-bond donors (Lipinski definition) is 1. The van der Waals surface area contributed by atoms with Gasteiger partial charge >= 0.3 is 5.69 Å². The average molecular weight is 312 g/mol. The minimum atomic E-state index is -0.467. The molecule has 7 nitrogen and oxygen atoms in total. The minimum Gasteiger partial charge on any atom is -0.334 e. The molecule has 1 amide bonds. The van der Waals surface area contributed by atoms with Crippen LogP contribution in [0.5, 0.6) is 0 Å². The van der Waals surface area contributed by atoms with Gasteiger partial charge in [0.1, 0.15) is 0 Å². The lowest BCUT2D eigenvalue weighted by Gasteiger charge is -2.28. The number of rotatable bonds is 4. The van der Waals surface area contributed by atoms with Crippen LogP contribution in [-0.4, -0.2) is 22.4 Å². The molecule has 3 rings (SSSR count). The van der Waals surface area contributed by atoms with Crippen molar-refractivity contribution >= 4 is 28.8 Å². The van der Waals surface area contributed by atoms with Crippen molar-refractivity contribution in [1.29, 1.82) is 0 Å². The van der Waals surface area contributed by atoms with Crippen molar-refractivity contribution in [3.05, 3.63) is 52.2 Å². The van der Waals surface area contributed by atoms with Gasteiger partial charge in [-0.2, -0.15) is 0 Å². The number of pyridine rings is 1. The number of nitrogens with one attached hydrogen (secondary N) is 1. The van der Waals surface area contributed by atoms with Crippen LogP contribution in [0.3, 0.4) is 0 Å². The number of benzene rings is 1. The number of carbonyl (C=O) groups is 1. The van der Waals surface area contributed by atoms with Gasteiger partial charge in [-0.25, -0.2) is 4.98 Å². The topological polar surface area (TPSA) is 88.4 Å². The molecule has 0 bridgehead atoms. The molecule has 1 N–H and O–H groups in total. The van der Waals surface area contributed by atoms with E-state index in [9.17, 15) is 14.9 Å². The highest BCUT2D eigenvalue weighted by molar-refractivity contribution is 5.96. The van der Waals surface area contributed by atoms with E-state index < -0.39 is 4.92 Å². The summed E-state index contributed by atoms with van der Waals surface area (Å²) >= 11 is 0. The maximum absolute atomic E-state index is 11.9. The van der Waals surface area contributed by atoms with Crippen LogP contribution in [0, 0.1) is 10.1 Å². The summed E-state index contributed by atoms with van der Waals surface area (Å²) in [6.07, 6.45) is 2.66. The van der Waals surface area contributed by atoms with Gasteiger partial charge < -0.3 is 10.2 Å². The number of aryl methyl sites for hydroxylation is 1. The molecule has 1 aromatic heterocycles. The monoisotopic (exact) mass is 312 g/mol. The quantitative estimate of drug-likeness (QED) is 0.692. The highest BCUT2D eigenvalue weighted by Crippen LogP contribution is 2.32. The normalized spacial score (nSPS) is 13.6. The Balaban J connectivity index is 1.92. The van der Waals surface area contributed by atoms with E-state index >= 15 is 0 Å². The SMILES string of the molecule is CCN1C(=O)CCc2cc(Nc3ncccc3[N+](=O)[O-])ccc21. The van der Waals surface area contributed by atoms with Crippen molar-refractivity contribution in [2.45, 2.75) is 19.8 Å². The van der Waals surface area contributed by atoms with E-state index in [1.165, 1.54) is 18.3 Å². The van der Waals surface area contributed by atoms with Gasteiger partial charge in [0, 0.05) is 36.6 Å². The van der Waals surface area contributed by atoms with E-state index in [4.69, 9.17) is 0 Å². The van der Waals surface area contributed by atoms with Crippen LogP contribution in [-0.2, 0) is 11.2 Å². The molecule has 1 aliphatic heterocycles. The number of carbonyl (C=O) groups excluding carboxylic acids is 1. The zero-order valence-electron chi connectivity index (χ0n) is 12.7. The van der Waals surface area contributed by atoms with Gasteiger partial charge in [-0.1, -0.05) is 0 Å². The molecule has 118 valence electrons. The Hall–Kier alpha value is -2.96. The molecule has 23 heavy (non-hydrogen) atoms. The summed E-state index contributed by atoms with van der Waals surface area (Å²) in [5.41, 5.74) is 2.60. The summed E-state index contributed by atoms with van der Waals surface area (Å²) in [5.74, 6) is 0.331. The van der Waals surface area contributed by atoms with Gasteiger partial charge in [0.15, 0.2) is 0 Å². The lowest BCUT2D eigenvalue weighted by molar-refractivity contribution is -0.384. The first-order chi connectivity index (χ1) is 11.1. The van der Waals surface area contributed by atoms with E-state index in [1.54, 1.807) is 11.0 Å². The Morgan fingerprint density at radius 3 is 2.91 bits per heavy atom. The van der Waals surface area contributed by atoms with Gasteiger partial charge in [0.25, 0.3) is 0 Å². The summed E-state index contributed by atoms with van der Waals surface area (Å²) in [5, 5.41) is 14.0. The molecule has 0 atom stereocenters. The standard InChI is InChI=1S/C16H16N4O3/c1-2-19-13-7-6-12(10-11(13)5-8-15(19)21)18-16-14(20(22)23)4-3-9-17-16/h3-4,6-7,9-10H,2,5,8H2,1H3,(H,17,18). The van der Waals surface area contributed by atoms with Crippen molar-refractivity contribution in [1.82, 2.24) is 4.98 Å². The summed E-state index contributed by atoms with van der Waals surface area (Å²) in [6.45, 7) is 2.57. The second kappa shape index (κ2) is 6.04. The van der Waals surface area contributed by atoms with Crippen LogP contribution in [0.4, 0.5) is 22.9 Å². The number of amides is 1. The van der Waals surface area contributed by atoms with E-state index in [2.05, 4.69) is 10.3 Å². The van der Waals surface area contributed by atoms with Crippen LogP contribution in [0.15, 0.2) is 36.5 Å². The zero-order valence-corrected chi connectivity index (χ0v) is 12.7. The lowest BCUT2D eigenvalue weighted by atomic mass is 10.0. The first-order valence-electron chi connectivity index (χ1n) is 7.40. The number of hydrogen-bond acceptors (Lipinski definition) is 5. The Bertz CT molecular complexity index is 776. The molecule has 0 aliphatic carbocycles. The van der Waals surface area contributed by atoms with Crippen molar-refractivity contribution in [2.24, 2.45) is 0 Å². The smallest absolute Gasteiger partial charge is 0.311 e. The van der Waals surface area contributed by atoms with E-state index in [0.717, 1.165) is 16.9 Å². The van der Waals surface area contributed by atoms with Gasteiger partial charge in [0.05, 0.1) is 4.92 Å². The van der Waals surface area contributed by atoms with Gasteiger partial charge in [0.2, 0.25) is 11.7 Å². The molecule has 0 spiro atoms. The number of nitrogens with zero attached hydrogens (tertiary/aromatic N) is 3. The Morgan fingerprint density at radius 2 is 2.17 bits per heavy atom. The molecule has 1 aliphatic rings. The van der Waals surface area contributed by atoms with Crippen LogP contribution < -0.4 is 10.2 Å². The maximum atomic E-state index is 11.9. The molecule has 0 saturated heterocycles. The summed E-state index contributed by atoms with van der Waals surface area (Å²) in [7, 11) is 0. The minimum absolute atomic E-state index is 0.0735. The number of anilines is 3. The first-order valence-corrected chi connectivity index (χ1v) is 7.40. The largest absolute Gasteiger partial charge is 0.334 e. The molecule has 1 aromatic carbocycles. The predicted molar refractivity (Wildman–Crippen MR) is 87.0 cm³/mol. The molecule has 2 heterocycles. The molecule has 0 fully saturated rings. The summed E-state index contributed by atoms with van der Waals surface area (Å²) in [6, 6.07) is 8.53. The second-order valence-electron chi connectivity index (χ2n) is 5.23. The van der Waals surface area contributed by atoms with Crippen molar-refractivity contribution in [3.63, 3.8) is 0 Å². The number of aromatic nitrogens is 1. The van der Waals surface area contributed by atoms with E-state index in [0.29, 0.717) is 19.4 Å². The molecule has 0 unspecified atom stereocenters. The van der Waals surface area contributed by atoms with Crippen molar-refractivity contribution < 1.29 is 9.72 Å². The Morgan fingerprint density at radius 1 is 1.35 bits per heavy atom. The van der Waals surface area contributed by atoms with Gasteiger partial charge in [-0.15, -0.1) is 0 Å². The summed E-state index contributed by atoms with van der Waals surface area (Å²) in [4.78, 5) is 28.3. The highest BCUT2D eigenvalue weighted by Gasteiger charge is 2.23. The van der Waals surface area contributed by atoms with E-state index in [-0.39, 0.29) is 17.4 Å². The van der Waals surface area contributed by atoms with Crippen LogP contribution in [0.25, 0.3) is 0 Å². The van der Waals surface area contributed by atoms with Crippen LogP contribution >= 0.6 is 0 Å². The van der Waals surface area contributed by atoms with Gasteiger partial charge in [-0.05, 0) is 43.2 Å². The summed E-state index contributed by atoms with van der Waals surface area (Å²) < 4.78 is 0.